The predicted molar refractivity (Wildman–Crippen MR) is 75.8 cm³/mol. The number of hydrogen-bond acceptors (Lipinski definition) is 4. The number of fused-ring (bicyclic) bond motifs is 1. The highest BCUT2D eigenvalue weighted by Gasteiger charge is 2.04. The maximum absolute atomic E-state index is 5.61. The van der Waals surface area contributed by atoms with Crippen molar-refractivity contribution in [2.75, 3.05) is 11.9 Å². The van der Waals surface area contributed by atoms with E-state index in [1.165, 1.54) is 0 Å². The van der Waals surface area contributed by atoms with E-state index in [1.54, 1.807) is 6.26 Å². The minimum absolute atomic E-state index is 0.560. The molecule has 4 nitrogen and oxygen atoms in total. The van der Waals surface area contributed by atoms with Crippen LogP contribution < -0.4 is 5.32 Å². The molecule has 1 N–H and O–H groups in total. The fraction of sp³-hybridized carbons (Fsp3) is 0.133. The molecule has 0 spiro atoms. The molecule has 0 aliphatic rings. The Labute approximate surface area is 110 Å². The Kier molecular flexibility index (Phi) is 3.06. The van der Waals surface area contributed by atoms with Gasteiger partial charge < -0.3 is 14.2 Å². The lowest BCUT2D eigenvalue weighted by Crippen LogP contribution is -1.95. The van der Waals surface area contributed by atoms with Crippen molar-refractivity contribution in [3.8, 4) is 0 Å². The van der Waals surface area contributed by atoms with Crippen LogP contribution in [0.2, 0.25) is 0 Å². The number of nitrogens with one attached hydrogen (secondary N) is 1. The maximum Gasteiger partial charge on any atom is 0.295 e. The molecular formula is C15H14N2O2. The molecule has 3 aromatic rings. The van der Waals surface area contributed by atoms with E-state index in [0.29, 0.717) is 6.01 Å². The lowest BCUT2D eigenvalue weighted by Gasteiger charge is -1.92. The molecule has 0 radical (unpaired) electrons. The van der Waals surface area contributed by atoms with Crippen molar-refractivity contribution in [1.82, 2.24) is 4.98 Å². The summed E-state index contributed by atoms with van der Waals surface area (Å²) in [6.45, 7) is 2.80. The molecule has 2 aromatic heterocycles. The SMILES string of the molecule is CCNc1nc2ccc(/C=C\c3ccco3)cc2o1. The molecule has 19 heavy (non-hydrogen) atoms. The average molecular weight is 254 g/mol. The summed E-state index contributed by atoms with van der Waals surface area (Å²) in [5.74, 6) is 0.825. The third-order valence-corrected chi connectivity index (χ3v) is 2.72. The van der Waals surface area contributed by atoms with Gasteiger partial charge in [-0.2, -0.15) is 4.98 Å². The highest BCUT2D eigenvalue weighted by Crippen LogP contribution is 2.21. The lowest BCUT2D eigenvalue weighted by molar-refractivity contribution is 0.557. The van der Waals surface area contributed by atoms with Crippen LogP contribution in [0.1, 0.15) is 18.2 Å². The van der Waals surface area contributed by atoms with Gasteiger partial charge in [0, 0.05) is 6.54 Å². The number of aromatic nitrogens is 1. The van der Waals surface area contributed by atoms with E-state index in [9.17, 15) is 0 Å². The summed E-state index contributed by atoms with van der Waals surface area (Å²) in [4.78, 5) is 4.33. The second-order valence-corrected chi connectivity index (χ2v) is 4.13. The van der Waals surface area contributed by atoms with Gasteiger partial charge in [0.1, 0.15) is 11.3 Å². The first-order chi connectivity index (χ1) is 9.35. The largest absolute Gasteiger partial charge is 0.465 e. The zero-order chi connectivity index (χ0) is 13.1. The van der Waals surface area contributed by atoms with Gasteiger partial charge in [0.15, 0.2) is 5.58 Å². The molecule has 0 amide bonds. The molecule has 0 aliphatic heterocycles. The maximum atomic E-state index is 5.61. The monoisotopic (exact) mass is 254 g/mol. The zero-order valence-corrected chi connectivity index (χ0v) is 10.6. The summed E-state index contributed by atoms with van der Waals surface area (Å²) in [6, 6.07) is 10.2. The van der Waals surface area contributed by atoms with E-state index in [2.05, 4.69) is 10.3 Å². The van der Waals surface area contributed by atoms with Gasteiger partial charge >= 0.3 is 0 Å². The van der Waals surface area contributed by atoms with E-state index in [4.69, 9.17) is 8.83 Å². The van der Waals surface area contributed by atoms with Gasteiger partial charge in [0.25, 0.3) is 6.01 Å². The Morgan fingerprint density at radius 3 is 3.00 bits per heavy atom. The molecule has 1 aromatic carbocycles. The molecule has 96 valence electrons. The molecule has 0 aliphatic carbocycles. The summed E-state index contributed by atoms with van der Waals surface area (Å²) >= 11 is 0. The Morgan fingerprint density at radius 1 is 1.26 bits per heavy atom. The van der Waals surface area contributed by atoms with Crippen LogP contribution in [0.25, 0.3) is 23.3 Å². The number of oxazole rings is 1. The van der Waals surface area contributed by atoms with Crippen molar-refractivity contribution in [2.45, 2.75) is 6.92 Å². The number of benzene rings is 1. The van der Waals surface area contributed by atoms with Crippen LogP contribution in [0.4, 0.5) is 6.01 Å². The molecule has 4 heteroatoms. The van der Waals surface area contributed by atoms with E-state index in [1.807, 2.05) is 49.4 Å². The first-order valence-electron chi connectivity index (χ1n) is 6.21. The smallest absolute Gasteiger partial charge is 0.295 e. The van der Waals surface area contributed by atoms with Crippen LogP contribution in [-0.4, -0.2) is 11.5 Å². The minimum Gasteiger partial charge on any atom is -0.465 e. The van der Waals surface area contributed by atoms with Crippen molar-refractivity contribution >= 4 is 29.3 Å². The first-order valence-corrected chi connectivity index (χ1v) is 6.21. The van der Waals surface area contributed by atoms with E-state index in [-0.39, 0.29) is 0 Å². The summed E-state index contributed by atoms with van der Waals surface area (Å²) in [5.41, 5.74) is 2.67. The van der Waals surface area contributed by atoms with Gasteiger partial charge in [-0.15, -0.1) is 0 Å². The predicted octanol–water partition coefficient (Wildman–Crippen LogP) is 4.02. The zero-order valence-electron chi connectivity index (χ0n) is 10.6. The van der Waals surface area contributed by atoms with Crippen LogP contribution in [-0.2, 0) is 0 Å². The second kappa shape index (κ2) is 5.02. The highest BCUT2D eigenvalue weighted by molar-refractivity contribution is 5.79. The Hall–Kier alpha value is -2.49. The van der Waals surface area contributed by atoms with Gasteiger partial charge in [-0.3, -0.25) is 0 Å². The van der Waals surface area contributed by atoms with Crippen molar-refractivity contribution < 1.29 is 8.83 Å². The van der Waals surface area contributed by atoms with E-state index in [0.717, 1.165) is 29.0 Å². The fourth-order valence-corrected chi connectivity index (χ4v) is 1.84. The van der Waals surface area contributed by atoms with Gasteiger partial charge in [-0.25, -0.2) is 0 Å². The van der Waals surface area contributed by atoms with E-state index < -0.39 is 0 Å². The summed E-state index contributed by atoms with van der Waals surface area (Å²) in [5, 5.41) is 3.06. The molecule has 3 rings (SSSR count). The van der Waals surface area contributed by atoms with Gasteiger partial charge in [0.2, 0.25) is 0 Å². The standard InChI is InChI=1S/C15H14N2O2/c1-2-16-15-17-13-8-6-11(10-14(13)19-15)5-7-12-4-3-9-18-12/h3-10H,2H2,1H3,(H,16,17)/b7-5-. The average Bonchev–Trinajstić information content (AvgIpc) is 3.05. The number of rotatable bonds is 4. The highest BCUT2D eigenvalue weighted by atomic mass is 16.4. The first kappa shape index (κ1) is 11.6. The van der Waals surface area contributed by atoms with Crippen LogP contribution in [0.3, 0.4) is 0 Å². The van der Waals surface area contributed by atoms with Crippen LogP contribution >= 0.6 is 0 Å². The number of hydrogen-bond donors (Lipinski definition) is 1. The Morgan fingerprint density at radius 2 is 2.21 bits per heavy atom. The Bertz CT molecular complexity index is 696. The molecule has 0 atom stereocenters. The molecule has 0 bridgehead atoms. The van der Waals surface area contributed by atoms with Crippen molar-refractivity contribution in [3.05, 3.63) is 47.9 Å². The fourth-order valence-electron chi connectivity index (χ4n) is 1.84. The second-order valence-electron chi connectivity index (χ2n) is 4.13. The summed E-state index contributed by atoms with van der Waals surface area (Å²) < 4.78 is 10.9. The van der Waals surface area contributed by atoms with Crippen molar-refractivity contribution in [2.24, 2.45) is 0 Å². The lowest BCUT2D eigenvalue weighted by atomic mass is 10.2. The van der Waals surface area contributed by atoms with Crippen LogP contribution in [0.15, 0.2) is 45.4 Å². The van der Waals surface area contributed by atoms with Gasteiger partial charge in [-0.05, 0) is 42.8 Å². The van der Waals surface area contributed by atoms with Gasteiger partial charge in [-0.1, -0.05) is 12.1 Å². The molecular weight excluding hydrogens is 240 g/mol. The van der Waals surface area contributed by atoms with Gasteiger partial charge in [0.05, 0.1) is 6.26 Å². The van der Waals surface area contributed by atoms with Crippen molar-refractivity contribution in [3.63, 3.8) is 0 Å². The molecule has 2 heterocycles. The van der Waals surface area contributed by atoms with E-state index >= 15 is 0 Å². The quantitative estimate of drug-likeness (QED) is 0.763. The van der Waals surface area contributed by atoms with Crippen molar-refractivity contribution in [1.29, 1.82) is 0 Å². The number of nitrogens with zero attached hydrogens (tertiary/aromatic N) is 1. The topological polar surface area (TPSA) is 51.2 Å². The third kappa shape index (κ3) is 2.52. The Balaban J connectivity index is 1.88. The summed E-state index contributed by atoms with van der Waals surface area (Å²) in [6.07, 6.45) is 5.55. The normalized spacial score (nSPS) is 11.4. The van der Waals surface area contributed by atoms with Crippen LogP contribution in [0, 0.1) is 0 Å². The number of furan rings is 1. The summed E-state index contributed by atoms with van der Waals surface area (Å²) in [7, 11) is 0. The molecule has 0 saturated carbocycles. The molecule has 0 unspecified atom stereocenters. The molecule has 0 fully saturated rings. The van der Waals surface area contributed by atoms with Crippen LogP contribution in [0.5, 0.6) is 0 Å². The third-order valence-electron chi connectivity index (χ3n) is 2.72. The number of anilines is 1. The molecule has 0 saturated heterocycles. The minimum atomic E-state index is 0.560.